The summed E-state index contributed by atoms with van der Waals surface area (Å²) in [7, 11) is 10.8. The van der Waals surface area contributed by atoms with E-state index >= 15 is 0 Å². The van der Waals surface area contributed by atoms with Gasteiger partial charge in [0, 0.05) is 28.1 Å². The summed E-state index contributed by atoms with van der Waals surface area (Å²) >= 11 is 0. The summed E-state index contributed by atoms with van der Waals surface area (Å²) in [6, 6.07) is 18.4. The van der Waals surface area contributed by atoms with Crippen molar-refractivity contribution >= 4 is 88.5 Å². The van der Waals surface area contributed by atoms with E-state index < -0.39 is 0 Å². The smallest absolute Gasteiger partial charge is 0.144 e. The zero-order chi connectivity index (χ0) is 22.6. The predicted octanol–water partition coefficient (Wildman–Crippen LogP) is -2.52. The van der Waals surface area contributed by atoms with Crippen LogP contribution in [0.2, 0.25) is 0 Å². The molecule has 2 aromatic heterocycles. The Hall–Kier alpha value is -3.58. The molecule has 0 spiro atoms. The van der Waals surface area contributed by atoms with Crippen LogP contribution in [-0.4, -0.2) is 44.2 Å². The summed E-state index contributed by atoms with van der Waals surface area (Å²) in [5.41, 5.74) is 12.2. The molecular formula is C24H19B5N2O. The van der Waals surface area contributed by atoms with Crippen LogP contribution in [0.5, 0.6) is 0 Å². The van der Waals surface area contributed by atoms with Crippen molar-refractivity contribution in [2.24, 2.45) is 0 Å². The first-order valence-electron chi connectivity index (χ1n) is 10.8. The number of rotatable bonds is 2. The highest BCUT2D eigenvalue weighted by atomic mass is 16.3. The van der Waals surface area contributed by atoms with Gasteiger partial charge in [0.25, 0.3) is 0 Å². The van der Waals surface area contributed by atoms with Crippen LogP contribution in [0.3, 0.4) is 0 Å². The molecule has 32 heavy (non-hydrogen) atoms. The van der Waals surface area contributed by atoms with Gasteiger partial charge in [-0.25, -0.2) is 0 Å². The fraction of sp³-hybridized carbons (Fsp3) is 0. The van der Waals surface area contributed by atoms with Crippen LogP contribution in [0, 0.1) is 11.3 Å². The van der Waals surface area contributed by atoms with Crippen molar-refractivity contribution in [2.75, 3.05) is 0 Å². The molecular weight excluding hydrogens is 386 g/mol. The van der Waals surface area contributed by atoms with Gasteiger partial charge in [-0.05, 0) is 35.9 Å². The molecule has 146 valence electrons. The second-order valence-electron chi connectivity index (χ2n) is 8.48. The topological polar surface area (TPSA) is 49.8 Å². The van der Waals surface area contributed by atoms with Gasteiger partial charge in [-0.1, -0.05) is 29.1 Å². The SMILES string of the molecule is Bc1c(B)c(B)c(-c2c(C#N)ccc3c2oc2c(-c4ccccn4)cccc23)c(B)c1B. The molecule has 2 heterocycles. The summed E-state index contributed by atoms with van der Waals surface area (Å²) in [5.74, 6) is 0. The van der Waals surface area contributed by atoms with Gasteiger partial charge in [0.2, 0.25) is 0 Å². The minimum atomic E-state index is 0.629. The van der Waals surface area contributed by atoms with Crippen molar-refractivity contribution in [1.29, 1.82) is 5.26 Å². The summed E-state index contributed by atoms with van der Waals surface area (Å²) in [6.07, 6.45) is 1.79. The minimum absolute atomic E-state index is 0.629. The van der Waals surface area contributed by atoms with Gasteiger partial charge in [-0.2, -0.15) is 5.26 Å². The van der Waals surface area contributed by atoms with Crippen molar-refractivity contribution in [3.05, 3.63) is 60.3 Å². The highest BCUT2D eigenvalue weighted by Crippen LogP contribution is 2.39. The van der Waals surface area contributed by atoms with Crippen molar-refractivity contribution < 1.29 is 4.42 Å². The normalized spacial score (nSPS) is 11.1. The van der Waals surface area contributed by atoms with Crippen LogP contribution in [0.25, 0.3) is 44.3 Å². The molecule has 0 amide bonds. The first-order chi connectivity index (χ1) is 15.4. The summed E-state index contributed by atoms with van der Waals surface area (Å²) < 4.78 is 6.59. The van der Waals surface area contributed by atoms with E-state index in [1.807, 2.05) is 42.5 Å². The van der Waals surface area contributed by atoms with E-state index in [1.165, 1.54) is 27.3 Å². The van der Waals surface area contributed by atoms with Crippen LogP contribution in [0.15, 0.2) is 59.1 Å². The van der Waals surface area contributed by atoms with Gasteiger partial charge >= 0.3 is 0 Å². The Morgan fingerprint density at radius 1 is 0.688 bits per heavy atom. The van der Waals surface area contributed by atoms with Crippen molar-refractivity contribution in [3.8, 4) is 28.5 Å². The Bertz CT molecular complexity index is 1560. The second-order valence-corrected chi connectivity index (χ2v) is 8.48. The molecule has 0 N–H and O–H groups in total. The maximum atomic E-state index is 10.0. The Kier molecular flexibility index (Phi) is 4.79. The number of hydrogen-bond donors (Lipinski definition) is 0. The van der Waals surface area contributed by atoms with Crippen LogP contribution in [0.4, 0.5) is 0 Å². The number of aromatic nitrogens is 1. The van der Waals surface area contributed by atoms with E-state index in [1.54, 1.807) is 6.20 Å². The van der Waals surface area contributed by atoms with Crippen LogP contribution >= 0.6 is 0 Å². The van der Waals surface area contributed by atoms with Crippen LogP contribution in [0.1, 0.15) is 5.56 Å². The van der Waals surface area contributed by atoms with Gasteiger partial charge in [-0.3, -0.25) is 4.98 Å². The van der Waals surface area contributed by atoms with E-state index in [9.17, 15) is 5.26 Å². The molecule has 3 aromatic carbocycles. The van der Waals surface area contributed by atoms with Gasteiger partial charge in [0.15, 0.2) is 0 Å². The third kappa shape index (κ3) is 2.85. The van der Waals surface area contributed by atoms with E-state index in [2.05, 4.69) is 56.4 Å². The third-order valence-electron chi connectivity index (χ3n) is 6.98. The van der Waals surface area contributed by atoms with Gasteiger partial charge in [-0.15, -0.1) is 16.4 Å². The quantitative estimate of drug-likeness (QED) is 0.305. The highest BCUT2D eigenvalue weighted by molar-refractivity contribution is 6.68. The molecule has 0 bridgehead atoms. The number of nitrogens with zero attached hydrogens (tertiary/aromatic N) is 2. The molecule has 0 aliphatic rings. The number of nitriles is 1. The molecule has 5 aromatic rings. The monoisotopic (exact) mass is 406 g/mol. The Morgan fingerprint density at radius 2 is 1.38 bits per heavy atom. The zero-order valence-corrected chi connectivity index (χ0v) is 19.0. The fourth-order valence-electron chi connectivity index (χ4n) is 4.80. The second kappa shape index (κ2) is 7.53. The van der Waals surface area contributed by atoms with Gasteiger partial charge < -0.3 is 4.42 Å². The molecule has 0 saturated carbocycles. The molecule has 0 radical (unpaired) electrons. The molecule has 0 saturated heterocycles. The Morgan fingerprint density at radius 3 is 2.03 bits per heavy atom. The molecule has 0 fully saturated rings. The number of furan rings is 1. The maximum absolute atomic E-state index is 10.0. The largest absolute Gasteiger partial charge is 0.455 e. The molecule has 5 rings (SSSR count). The third-order valence-corrected chi connectivity index (χ3v) is 6.98. The van der Waals surface area contributed by atoms with Gasteiger partial charge in [0.1, 0.15) is 50.4 Å². The lowest BCUT2D eigenvalue weighted by molar-refractivity contribution is 0.671. The first kappa shape index (κ1) is 20.3. The Labute approximate surface area is 191 Å². The van der Waals surface area contributed by atoms with E-state index in [-0.39, 0.29) is 0 Å². The van der Waals surface area contributed by atoms with E-state index in [4.69, 9.17) is 4.42 Å². The summed E-state index contributed by atoms with van der Waals surface area (Å²) in [5, 5.41) is 12.1. The lowest BCUT2D eigenvalue weighted by Gasteiger charge is -2.21. The number of para-hydroxylation sites is 1. The standard InChI is InChI=1S/C24H19B5N2O/c25-18-17(19(26)21(28)22(29)20(18)27)16-11(10-30)7-8-13-12-4-3-5-14(23(12)32-24(13)16)15-6-1-2-9-31-15/h1-9H,25-29H2. The lowest BCUT2D eigenvalue weighted by atomic mass is 9.59. The maximum Gasteiger partial charge on any atom is 0.144 e. The van der Waals surface area contributed by atoms with Crippen molar-refractivity contribution in [3.63, 3.8) is 0 Å². The van der Waals surface area contributed by atoms with Crippen LogP contribution < -0.4 is 27.3 Å². The number of benzene rings is 3. The first-order valence-corrected chi connectivity index (χ1v) is 10.8. The average Bonchev–Trinajstić information content (AvgIpc) is 3.21. The lowest BCUT2D eigenvalue weighted by Crippen LogP contribution is -2.55. The minimum Gasteiger partial charge on any atom is -0.455 e. The van der Waals surface area contributed by atoms with Crippen molar-refractivity contribution in [1.82, 2.24) is 4.98 Å². The molecule has 0 aliphatic carbocycles. The highest BCUT2D eigenvalue weighted by Gasteiger charge is 2.22. The Balaban J connectivity index is 1.95. The van der Waals surface area contributed by atoms with Crippen molar-refractivity contribution in [2.45, 2.75) is 0 Å². The number of hydrogen-bond acceptors (Lipinski definition) is 3. The number of pyridine rings is 1. The predicted molar refractivity (Wildman–Crippen MR) is 148 cm³/mol. The molecule has 3 nitrogen and oxygen atoms in total. The molecule has 0 unspecified atom stereocenters. The molecule has 8 heteroatoms. The average molecular weight is 405 g/mol. The summed E-state index contributed by atoms with van der Waals surface area (Å²) in [6.45, 7) is 0. The van der Waals surface area contributed by atoms with Gasteiger partial charge in [0.05, 0.1) is 17.3 Å². The number of fused-ring (bicyclic) bond motifs is 3. The van der Waals surface area contributed by atoms with E-state index in [0.29, 0.717) is 5.56 Å². The van der Waals surface area contributed by atoms with E-state index in [0.717, 1.165) is 44.3 Å². The molecule has 0 aliphatic heterocycles. The zero-order valence-electron chi connectivity index (χ0n) is 19.0. The summed E-state index contributed by atoms with van der Waals surface area (Å²) in [4.78, 5) is 4.53. The fourth-order valence-corrected chi connectivity index (χ4v) is 4.80. The van der Waals surface area contributed by atoms with Crippen LogP contribution in [-0.2, 0) is 0 Å². The molecule has 0 atom stereocenters.